The summed E-state index contributed by atoms with van der Waals surface area (Å²) in [5.74, 6) is 2.19. The molecule has 0 radical (unpaired) electrons. The second kappa shape index (κ2) is 9.73. The topological polar surface area (TPSA) is 58.8 Å². The zero-order valence-corrected chi connectivity index (χ0v) is 17.2. The number of carbonyl (C=O) groups excluding carboxylic acids is 1. The SMILES string of the molecule is COc1ccccc1CCN1CCC[C@H](CN(C)C(=O)Cc2cc(C)no2)C1. The highest BCUT2D eigenvalue weighted by atomic mass is 16.5. The summed E-state index contributed by atoms with van der Waals surface area (Å²) in [6, 6.07) is 10.1. The van der Waals surface area contributed by atoms with Crippen LogP contribution in [0.5, 0.6) is 5.75 Å². The van der Waals surface area contributed by atoms with Gasteiger partial charge in [0.15, 0.2) is 0 Å². The van der Waals surface area contributed by atoms with Crippen molar-refractivity contribution in [2.45, 2.75) is 32.6 Å². The van der Waals surface area contributed by atoms with E-state index < -0.39 is 0 Å². The van der Waals surface area contributed by atoms with Crippen LogP contribution in [-0.2, 0) is 17.6 Å². The normalized spacial score (nSPS) is 17.5. The van der Waals surface area contributed by atoms with Crippen LogP contribution in [0.3, 0.4) is 0 Å². The Bertz CT molecular complexity index is 774. The maximum Gasteiger partial charge on any atom is 0.230 e. The van der Waals surface area contributed by atoms with Crippen LogP contribution >= 0.6 is 0 Å². The molecule has 1 aliphatic rings. The monoisotopic (exact) mass is 385 g/mol. The maximum absolute atomic E-state index is 12.5. The van der Waals surface area contributed by atoms with Crippen LogP contribution in [0.2, 0.25) is 0 Å². The first kappa shape index (κ1) is 20.4. The number of amides is 1. The third-order valence-corrected chi connectivity index (χ3v) is 5.45. The molecular formula is C22H31N3O3. The number of benzene rings is 1. The molecule has 0 saturated carbocycles. The van der Waals surface area contributed by atoms with Gasteiger partial charge in [-0.3, -0.25) is 4.79 Å². The van der Waals surface area contributed by atoms with E-state index in [1.807, 2.05) is 37.1 Å². The highest BCUT2D eigenvalue weighted by molar-refractivity contribution is 5.77. The lowest BCUT2D eigenvalue weighted by Crippen LogP contribution is -2.42. The molecule has 0 aliphatic carbocycles. The second-order valence-electron chi connectivity index (χ2n) is 7.76. The van der Waals surface area contributed by atoms with E-state index in [1.165, 1.54) is 18.4 Å². The summed E-state index contributed by atoms with van der Waals surface area (Å²) in [4.78, 5) is 16.8. The van der Waals surface area contributed by atoms with E-state index in [4.69, 9.17) is 9.26 Å². The van der Waals surface area contributed by atoms with E-state index in [2.05, 4.69) is 22.2 Å². The Morgan fingerprint density at radius 3 is 2.96 bits per heavy atom. The number of aromatic nitrogens is 1. The number of methoxy groups -OCH3 is 1. The molecule has 1 fully saturated rings. The van der Waals surface area contributed by atoms with Gasteiger partial charge in [-0.15, -0.1) is 0 Å². The number of nitrogens with zero attached hydrogens (tertiary/aromatic N) is 3. The van der Waals surface area contributed by atoms with E-state index in [1.54, 1.807) is 7.11 Å². The molecule has 0 unspecified atom stereocenters. The first-order valence-electron chi connectivity index (χ1n) is 10.1. The first-order chi connectivity index (χ1) is 13.5. The maximum atomic E-state index is 12.5. The Morgan fingerprint density at radius 2 is 2.21 bits per heavy atom. The number of para-hydroxylation sites is 1. The Balaban J connectivity index is 1.46. The van der Waals surface area contributed by atoms with Gasteiger partial charge in [0.2, 0.25) is 5.91 Å². The predicted octanol–water partition coefficient (Wildman–Crippen LogP) is 2.95. The minimum Gasteiger partial charge on any atom is -0.496 e. The third-order valence-electron chi connectivity index (χ3n) is 5.45. The minimum atomic E-state index is 0.0855. The van der Waals surface area contributed by atoms with Crippen LogP contribution in [0, 0.1) is 12.8 Å². The smallest absolute Gasteiger partial charge is 0.230 e. The summed E-state index contributed by atoms with van der Waals surface area (Å²) >= 11 is 0. The lowest BCUT2D eigenvalue weighted by molar-refractivity contribution is -0.130. The Hall–Kier alpha value is -2.34. The van der Waals surface area contributed by atoms with Crippen LogP contribution in [-0.4, -0.2) is 61.2 Å². The number of hydrogen-bond donors (Lipinski definition) is 0. The molecule has 28 heavy (non-hydrogen) atoms. The van der Waals surface area contributed by atoms with E-state index >= 15 is 0 Å². The molecule has 1 aromatic heterocycles. The van der Waals surface area contributed by atoms with Crippen LogP contribution in [0.25, 0.3) is 0 Å². The van der Waals surface area contributed by atoms with Crippen LogP contribution in [0.15, 0.2) is 34.9 Å². The average molecular weight is 386 g/mol. The van der Waals surface area contributed by atoms with Crippen molar-refractivity contribution < 1.29 is 14.1 Å². The minimum absolute atomic E-state index is 0.0855. The number of piperidine rings is 1. The largest absolute Gasteiger partial charge is 0.496 e. The van der Waals surface area contributed by atoms with E-state index in [9.17, 15) is 4.79 Å². The highest BCUT2D eigenvalue weighted by Gasteiger charge is 2.23. The molecule has 1 aliphatic heterocycles. The van der Waals surface area contributed by atoms with Crippen molar-refractivity contribution in [3.63, 3.8) is 0 Å². The van der Waals surface area contributed by atoms with Gasteiger partial charge in [-0.05, 0) is 50.3 Å². The van der Waals surface area contributed by atoms with Crippen LogP contribution in [0.1, 0.15) is 29.9 Å². The number of rotatable bonds is 8. The van der Waals surface area contributed by atoms with Gasteiger partial charge in [-0.2, -0.15) is 0 Å². The van der Waals surface area contributed by atoms with Crippen molar-refractivity contribution >= 4 is 5.91 Å². The van der Waals surface area contributed by atoms with Gasteiger partial charge in [-0.1, -0.05) is 23.4 Å². The van der Waals surface area contributed by atoms with Crippen molar-refractivity contribution in [3.05, 3.63) is 47.3 Å². The molecule has 0 N–H and O–H groups in total. The molecule has 0 spiro atoms. The second-order valence-corrected chi connectivity index (χ2v) is 7.76. The Morgan fingerprint density at radius 1 is 1.39 bits per heavy atom. The molecule has 6 heteroatoms. The summed E-state index contributed by atoms with van der Waals surface area (Å²) in [6.07, 6.45) is 3.61. The fourth-order valence-electron chi connectivity index (χ4n) is 3.96. The van der Waals surface area contributed by atoms with Crippen molar-refractivity contribution in [2.75, 3.05) is 40.3 Å². The van der Waals surface area contributed by atoms with Gasteiger partial charge >= 0.3 is 0 Å². The van der Waals surface area contributed by atoms with Gasteiger partial charge in [0.1, 0.15) is 11.5 Å². The fraction of sp³-hybridized carbons (Fsp3) is 0.545. The molecular weight excluding hydrogens is 354 g/mol. The zero-order chi connectivity index (χ0) is 19.9. The molecule has 2 heterocycles. The van der Waals surface area contributed by atoms with Gasteiger partial charge in [0, 0.05) is 32.7 Å². The average Bonchev–Trinajstić information content (AvgIpc) is 3.11. The van der Waals surface area contributed by atoms with Gasteiger partial charge < -0.3 is 19.1 Å². The van der Waals surface area contributed by atoms with E-state index in [-0.39, 0.29) is 12.3 Å². The number of likely N-dealkylation sites (N-methyl/N-ethyl adjacent to an activating group) is 1. The summed E-state index contributed by atoms with van der Waals surface area (Å²) in [5, 5.41) is 3.85. The van der Waals surface area contributed by atoms with Crippen molar-refractivity contribution in [1.29, 1.82) is 0 Å². The van der Waals surface area contributed by atoms with Crippen molar-refractivity contribution in [1.82, 2.24) is 15.0 Å². The van der Waals surface area contributed by atoms with Crippen LogP contribution in [0.4, 0.5) is 0 Å². The lowest BCUT2D eigenvalue weighted by atomic mass is 9.97. The number of likely N-dealkylation sites (tertiary alicyclic amines) is 1. The molecule has 1 amide bonds. The molecule has 1 saturated heterocycles. The molecule has 0 bridgehead atoms. The molecule has 3 rings (SSSR count). The van der Waals surface area contributed by atoms with Gasteiger partial charge in [0.25, 0.3) is 0 Å². The molecule has 2 aromatic rings. The van der Waals surface area contributed by atoms with Crippen LogP contribution < -0.4 is 4.74 Å². The summed E-state index contributed by atoms with van der Waals surface area (Å²) in [5.41, 5.74) is 2.06. The molecule has 6 nitrogen and oxygen atoms in total. The number of aryl methyl sites for hydroxylation is 1. The summed E-state index contributed by atoms with van der Waals surface area (Å²) in [6.45, 7) is 5.83. The standard InChI is InChI=1S/C22H31N3O3/c1-17-13-20(28-23-17)14-22(26)24(2)15-18-7-6-11-25(16-18)12-10-19-8-4-5-9-21(19)27-3/h4-5,8-9,13,18H,6-7,10-12,14-16H2,1-3H3/t18-/m1/s1. The van der Waals surface area contributed by atoms with Crippen molar-refractivity contribution in [2.24, 2.45) is 5.92 Å². The van der Waals surface area contributed by atoms with E-state index in [0.717, 1.165) is 44.0 Å². The van der Waals surface area contributed by atoms with Gasteiger partial charge in [0.05, 0.1) is 19.2 Å². The Kier molecular flexibility index (Phi) is 7.09. The van der Waals surface area contributed by atoms with E-state index in [0.29, 0.717) is 11.7 Å². The molecule has 1 aromatic carbocycles. The first-order valence-corrected chi connectivity index (χ1v) is 10.1. The quantitative estimate of drug-likeness (QED) is 0.699. The molecule has 1 atom stereocenters. The summed E-state index contributed by atoms with van der Waals surface area (Å²) < 4.78 is 10.6. The lowest BCUT2D eigenvalue weighted by Gasteiger charge is -2.34. The summed E-state index contributed by atoms with van der Waals surface area (Å²) in [7, 11) is 3.61. The fourth-order valence-corrected chi connectivity index (χ4v) is 3.96. The van der Waals surface area contributed by atoms with Gasteiger partial charge in [-0.25, -0.2) is 0 Å². The zero-order valence-electron chi connectivity index (χ0n) is 17.2. The number of hydrogen-bond acceptors (Lipinski definition) is 5. The molecule has 152 valence electrons. The predicted molar refractivity (Wildman–Crippen MR) is 108 cm³/mol. The highest BCUT2D eigenvalue weighted by Crippen LogP contribution is 2.21. The Labute approximate surface area is 167 Å². The number of ether oxygens (including phenoxy) is 1. The van der Waals surface area contributed by atoms with Crippen molar-refractivity contribution in [3.8, 4) is 5.75 Å². The third kappa shape index (κ3) is 5.58. The number of carbonyl (C=O) groups is 1.